The Morgan fingerprint density at radius 2 is 2.42 bits per heavy atom. The number of alkyl halides is 1. The van der Waals surface area contributed by atoms with Crippen molar-refractivity contribution in [3.05, 3.63) is 29.3 Å². The zero-order chi connectivity index (χ0) is 8.97. The number of hydrogen-bond donors (Lipinski definition) is 0. The molecule has 0 fully saturated rings. The lowest BCUT2D eigenvalue weighted by Crippen LogP contribution is -1.88. The minimum atomic E-state index is -0.482. The SMILES string of the molecule is Cc1cc(F)ncc1C#CCCl. The van der Waals surface area contributed by atoms with Crippen molar-refractivity contribution in [2.45, 2.75) is 6.92 Å². The number of rotatable bonds is 0. The Morgan fingerprint density at radius 3 is 3.00 bits per heavy atom. The third kappa shape index (κ3) is 2.21. The molecule has 0 saturated heterocycles. The maximum absolute atomic E-state index is 12.5. The van der Waals surface area contributed by atoms with Crippen LogP contribution in [0.5, 0.6) is 0 Å². The highest BCUT2D eigenvalue weighted by molar-refractivity contribution is 6.19. The Morgan fingerprint density at radius 1 is 1.67 bits per heavy atom. The van der Waals surface area contributed by atoms with E-state index in [0.717, 1.165) is 11.1 Å². The molecule has 0 saturated carbocycles. The summed E-state index contributed by atoms with van der Waals surface area (Å²) in [6.45, 7) is 1.78. The van der Waals surface area contributed by atoms with E-state index in [1.807, 2.05) is 0 Å². The summed E-state index contributed by atoms with van der Waals surface area (Å²) in [5.74, 6) is 5.25. The standard InChI is InChI=1S/C9H7ClFN/c1-7-5-9(11)12-6-8(7)3-2-4-10/h5-6H,4H2,1H3. The zero-order valence-electron chi connectivity index (χ0n) is 6.56. The van der Waals surface area contributed by atoms with Crippen molar-refractivity contribution in [2.24, 2.45) is 0 Å². The van der Waals surface area contributed by atoms with E-state index >= 15 is 0 Å². The molecule has 0 aliphatic carbocycles. The molecule has 1 heterocycles. The molecule has 0 aliphatic heterocycles. The fraction of sp³-hybridized carbons (Fsp3) is 0.222. The first-order valence-electron chi connectivity index (χ1n) is 3.41. The second-order valence-corrected chi connectivity index (χ2v) is 2.52. The van der Waals surface area contributed by atoms with Gasteiger partial charge in [0, 0.05) is 11.8 Å². The number of aromatic nitrogens is 1. The fourth-order valence-corrected chi connectivity index (χ4v) is 0.848. The lowest BCUT2D eigenvalue weighted by molar-refractivity contribution is 0.582. The van der Waals surface area contributed by atoms with Gasteiger partial charge in [-0.15, -0.1) is 11.6 Å². The van der Waals surface area contributed by atoms with Gasteiger partial charge in [-0.1, -0.05) is 11.8 Å². The average molecular weight is 184 g/mol. The summed E-state index contributed by atoms with van der Waals surface area (Å²) in [5.41, 5.74) is 1.50. The molecule has 12 heavy (non-hydrogen) atoms. The molecule has 0 N–H and O–H groups in total. The predicted molar refractivity (Wildman–Crippen MR) is 46.5 cm³/mol. The minimum absolute atomic E-state index is 0.275. The summed E-state index contributed by atoms with van der Waals surface area (Å²) in [5, 5.41) is 0. The molecule has 1 nitrogen and oxygen atoms in total. The molecule has 0 aliphatic rings. The monoisotopic (exact) mass is 183 g/mol. The van der Waals surface area contributed by atoms with Crippen LogP contribution in [0.1, 0.15) is 11.1 Å². The second kappa shape index (κ2) is 4.08. The lowest BCUT2D eigenvalue weighted by Gasteiger charge is -1.95. The number of hydrogen-bond acceptors (Lipinski definition) is 1. The largest absolute Gasteiger partial charge is 0.227 e. The highest BCUT2D eigenvalue weighted by Crippen LogP contribution is 2.05. The van der Waals surface area contributed by atoms with Crippen LogP contribution in [0.15, 0.2) is 12.3 Å². The smallest absolute Gasteiger partial charge is 0.213 e. The predicted octanol–water partition coefficient (Wildman–Crippen LogP) is 2.12. The van der Waals surface area contributed by atoms with E-state index in [1.54, 1.807) is 6.92 Å². The molecule has 0 radical (unpaired) electrons. The lowest BCUT2D eigenvalue weighted by atomic mass is 10.2. The van der Waals surface area contributed by atoms with Gasteiger partial charge in [0.2, 0.25) is 5.95 Å². The summed E-state index contributed by atoms with van der Waals surface area (Å²) in [6.07, 6.45) is 1.41. The summed E-state index contributed by atoms with van der Waals surface area (Å²) < 4.78 is 12.5. The van der Waals surface area contributed by atoms with Crippen LogP contribution in [0.4, 0.5) is 4.39 Å². The molecule has 1 aromatic rings. The van der Waals surface area contributed by atoms with Crippen molar-refractivity contribution in [2.75, 3.05) is 5.88 Å². The van der Waals surface area contributed by atoms with Crippen molar-refractivity contribution in [1.29, 1.82) is 0 Å². The Balaban J connectivity index is 3.01. The van der Waals surface area contributed by atoms with Gasteiger partial charge >= 0.3 is 0 Å². The van der Waals surface area contributed by atoms with E-state index in [1.165, 1.54) is 12.3 Å². The van der Waals surface area contributed by atoms with E-state index in [-0.39, 0.29) is 5.88 Å². The molecular weight excluding hydrogens is 177 g/mol. The Kier molecular flexibility index (Phi) is 3.07. The van der Waals surface area contributed by atoms with Crippen molar-refractivity contribution >= 4 is 11.6 Å². The molecule has 1 rings (SSSR count). The van der Waals surface area contributed by atoms with Crippen molar-refractivity contribution in [3.8, 4) is 11.8 Å². The molecule has 3 heteroatoms. The first-order chi connectivity index (χ1) is 5.74. The molecular formula is C9H7ClFN. The first kappa shape index (κ1) is 9.02. The van der Waals surface area contributed by atoms with Crippen LogP contribution < -0.4 is 0 Å². The van der Waals surface area contributed by atoms with Gasteiger partial charge < -0.3 is 0 Å². The third-order valence-corrected chi connectivity index (χ3v) is 1.50. The van der Waals surface area contributed by atoms with Gasteiger partial charge in [0.25, 0.3) is 0 Å². The van der Waals surface area contributed by atoms with Crippen molar-refractivity contribution in [3.63, 3.8) is 0 Å². The number of aryl methyl sites for hydroxylation is 1. The first-order valence-corrected chi connectivity index (χ1v) is 3.94. The van der Waals surface area contributed by atoms with Crippen molar-refractivity contribution < 1.29 is 4.39 Å². The maximum atomic E-state index is 12.5. The van der Waals surface area contributed by atoms with Crippen LogP contribution in [-0.4, -0.2) is 10.9 Å². The Hall–Kier alpha value is -1.07. The van der Waals surface area contributed by atoms with Gasteiger partial charge in [-0.2, -0.15) is 4.39 Å². The number of halogens is 2. The van der Waals surface area contributed by atoms with Crippen LogP contribution >= 0.6 is 11.6 Å². The minimum Gasteiger partial charge on any atom is -0.227 e. The average Bonchev–Trinajstić information content (AvgIpc) is 2.03. The van der Waals surface area contributed by atoms with Gasteiger partial charge in [0.15, 0.2) is 0 Å². The molecule has 62 valence electrons. The number of pyridine rings is 1. The van der Waals surface area contributed by atoms with Gasteiger partial charge in [0.05, 0.1) is 5.88 Å². The summed E-state index contributed by atoms with van der Waals surface area (Å²) in [7, 11) is 0. The summed E-state index contributed by atoms with van der Waals surface area (Å²) >= 11 is 5.37. The van der Waals surface area contributed by atoms with Crippen LogP contribution in [0.3, 0.4) is 0 Å². The summed E-state index contributed by atoms with van der Waals surface area (Å²) in [4.78, 5) is 3.48. The number of nitrogens with zero attached hydrogens (tertiary/aromatic N) is 1. The second-order valence-electron chi connectivity index (χ2n) is 2.26. The molecule has 0 aromatic carbocycles. The third-order valence-electron chi connectivity index (χ3n) is 1.37. The van der Waals surface area contributed by atoms with E-state index in [9.17, 15) is 4.39 Å². The van der Waals surface area contributed by atoms with Gasteiger partial charge in [0.1, 0.15) is 0 Å². The van der Waals surface area contributed by atoms with E-state index < -0.39 is 5.95 Å². The van der Waals surface area contributed by atoms with Crippen molar-refractivity contribution in [1.82, 2.24) is 4.98 Å². The highest BCUT2D eigenvalue weighted by Gasteiger charge is 1.96. The molecule has 0 spiro atoms. The molecule has 1 aromatic heterocycles. The maximum Gasteiger partial charge on any atom is 0.213 e. The highest BCUT2D eigenvalue weighted by atomic mass is 35.5. The Bertz CT molecular complexity index is 338. The zero-order valence-corrected chi connectivity index (χ0v) is 7.32. The molecule has 0 bridgehead atoms. The quantitative estimate of drug-likeness (QED) is 0.341. The van der Waals surface area contributed by atoms with E-state index in [2.05, 4.69) is 16.8 Å². The van der Waals surface area contributed by atoms with Crippen LogP contribution in [-0.2, 0) is 0 Å². The van der Waals surface area contributed by atoms with E-state index in [4.69, 9.17) is 11.6 Å². The van der Waals surface area contributed by atoms with Gasteiger partial charge in [-0.05, 0) is 18.6 Å². The fourth-order valence-electron chi connectivity index (χ4n) is 0.781. The summed E-state index contributed by atoms with van der Waals surface area (Å²) in [6, 6.07) is 1.35. The van der Waals surface area contributed by atoms with Crippen LogP contribution in [0, 0.1) is 24.7 Å². The molecule has 0 unspecified atom stereocenters. The van der Waals surface area contributed by atoms with Crippen LogP contribution in [0.25, 0.3) is 0 Å². The Labute approximate surface area is 75.6 Å². The topological polar surface area (TPSA) is 12.9 Å². The molecule has 0 amide bonds. The van der Waals surface area contributed by atoms with E-state index in [0.29, 0.717) is 0 Å². The van der Waals surface area contributed by atoms with Gasteiger partial charge in [-0.25, -0.2) is 4.98 Å². The van der Waals surface area contributed by atoms with Crippen LogP contribution in [0.2, 0.25) is 0 Å². The van der Waals surface area contributed by atoms with Gasteiger partial charge in [-0.3, -0.25) is 0 Å². The molecule has 0 atom stereocenters. The normalized spacial score (nSPS) is 8.92.